The quantitative estimate of drug-likeness (QED) is 0.399. The average molecular weight is 563 g/mol. The molecule has 2 unspecified atom stereocenters. The summed E-state index contributed by atoms with van der Waals surface area (Å²) in [6.45, 7) is 4.34. The Hall–Kier alpha value is -4.21. The SMILES string of the molecule is CCOC(=O)c1ccc(NC(=O)CN2C(=O)N(CCCC(=O)NCc3ccc(C)cc3)C(=O)C3CCCCC32)cc1. The molecule has 1 aliphatic heterocycles. The number of imide groups is 1. The summed E-state index contributed by atoms with van der Waals surface area (Å²) in [7, 11) is 0. The second-order valence-corrected chi connectivity index (χ2v) is 10.6. The van der Waals surface area contributed by atoms with Crippen molar-refractivity contribution in [3.05, 3.63) is 65.2 Å². The number of ether oxygens (including phenoxy) is 1. The first kappa shape index (κ1) is 29.8. The largest absolute Gasteiger partial charge is 0.462 e. The number of urea groups is 1. The van der Waals surface area contributed by atoms with Gasteiger partial charge in [0.05, 0.1) is 18.1 Å². The molecule has 2 aromatic rings. The molecular weight excluding hydrogens is 524 g/mol. The van der Waals surface area contributed by atoms with Crippen molar-refractivity contribution in [1.82, 2.24) is 15.1 Å². The summed E-state index contributed by atoms with van der Waals surface area (Å²) in [4.78, 5) is 66.7. The number of carbonyl (C=O) groups excluding carboxylic acids is 5. The van der Waals surface area contributed by atoms with E-state index < -0.39 is 17.9 Å². The molecule has 5 amide bonds. The zero-order valence-electron chi connectivity index (χ0n) is 23.7. The molecule has 0 radical (unpaired) electrons. The van der Waals surface area contributed by atoms with Crippen molar-refractivity contribution >= 4 is 35.4 Å². The first-order valence-corrected chi connectivity index (χ1v) is 14.3. The molecule has 4 rings (SSSR count). The molecule has 41 heavy (non-hydrogen) atoms. The van der Waals surface area contributed by atoms with E-state index in [9.17, 15) is 24.0 Å². The number of amides is 5. The molecule has 0 aromatic heterocycles. The maximum absolute atomic E-state index is 13.5. The number of anilines is 1. The van der Waals surface area contributed by atoms with Gasteiger partial charge in [0.2, 0.25) is 17.7 Å². The normalized spacial score (nSPS) is 18.5. The minimum atomic E-state index is -0.494. The van der Waals surface area contributed by atoms with E-state index in [1.54, 1.807) is 31.2 Å². The van der Waals surface area contributed by atoms with E-state index in [2.05, 4.69) is 10.6 Å². The van der Waals surface area contributed by atoms with E-state index in [1.165, 1.54) is 9.80 Å². The number of hydrogen-bond acceptors (Lipinski definition) is 6. The van der Waals surface area contributed by atoms with Gasteiger partial charge >= 0.3 is 12.0 Å². The fourth-order valence-corrected chi connectivity index (χ4v) is 5.41. The number of fused-ring (bicyclic) bond motifs is 1. The van der Waals surface area contributed by atoms with Crippen LogP contribution in [0.3, 0.4) is 0 Å². The Balaban J connectivity index is 1.33. The summed E-state index contributed by atoms with van der Waals surface area (Å²) in [5.74, 6) is -1.56. The lowest BCUT2D eigenvalue weighted by atomic mass is 9.81. The van der Waals surface area contributed by atoms with Gasteiger partial charge in [-0.25, -0.2) is 9.59 Å². The summed E-state index contributed by atoms with van der Waals surface area (Å²) >= 11 is 0. The van der Waals surface area contributed by atoms with Crippen LogP contribution in [0.5, 0.6) is 0 Å². The third-order valence-electron chi connectivity index (χ3n) is 7.58. The van der Waals surface area contributed by atoms with E-state index in [-0.39, 0.29) is 49.9 Å². The number of esters is 1. The van der Waals surface area contributed by atoms with Crippen molar-refractivity contribution in [1.29, 1.82) is 0 Å². The van der Waals surface area contributed by atoms with Gasteiger partial charge in [-0.15, -0.1) is 0 Å². The van der Waals surface area contributed by atoms with E-state index in [1.807, 2.05) is 31.2 Å². The maximum Gasteiger partial charge on any atom is 0.338 e. The molecule has 0 bridgehead atoms. The molecule has 1 saturated carbocycles. The van der Waals surface area contributed by atoms with Gasteiger partial charge in [0.25, 0.3) is 0 Å². The Morgan fingerprint density at radius 1 is 0.951 bits per heavy atom. The molecule has 0 spiro atoms. The van der Waals surface area contributed by atoms with Crippen LogP contribution in [0.2, 0.25) is 0 Å². The summed E-state index contributed by atoms with van der Waals surface area (Å²) in [5.41, 5.74) is 3.00. The fourth-order valence-electron chi connectivity index (χ4n) is 5.41. The molecule has 218 valence electrons. The van der Waals surface area contributed by atoms with E-state index in [4.69, 9.17) is 4.74 Å². The molecule has 2 N–H and O–H groups in total. The average Bonchev–Trinajstić information content (AvgIpc) is 2.97. The molecule has 1 saturated heterocycles. The van der Waals surface area contributed by atoms with Gasteiger partial charge in [0, 0.05) is 31.2 Å². The van der Waals surface area contributed by atoms with Crippen LogP contribution >= 0.6 is 0 Å². The van der Waals surface area contributed by atoms with Crippen LogP contribution in [0, 0.1) is 12.8 Å². The zero-order chi connectivity index (χ0) is 29.4. The molecule has 1 heterocycles. The number of carbonyl (C=O) groups is 5. The van der Waals surface area contributed by atoms with E-state index in [0.29, 0.717) is 37.1 Å². The Morgan fingerprint density at radius 2 is 1.66 bits per heavy atom. The molecule has 2 aliphatic rings. The second-order valence-electron chi connectivity index (χ2n) is 10.6. The van der Waals surface area contributed by atoms with Gasteiger partial charge in [0.15, 0.2) is 0 Å². The van der Waals surface area contributed by atoms with Gasteiger partial charge in [0.1, 0.15) is 6.54 Å². The number of aryl methyl sites for hydroxylation is 1. The van der Waals surface area contributed by atoms with E-state index >= 15 is 0 Å². The monoisotopic (exact) mass is 562 g/mol. The fraction of sp³-hybridized carbons (Fsp3) is 0.452. The first-order chi connectivity index (χ1) is 19.8. The Labute approximate surface area is 240 Å². The molecular formula is C31H38N4O6. The van der Waals surface area contributed by atoms with Crippen LogP contribution in [0.1, 0.15) is 66.9 Å². The van der Waals surface area contributed by atoms with Crippen molar-refractivity contribution < 1.29 is 28.7 Å². The number of nitrogens with one attached hydrogen (secondary N) is 2. The number of benzene rings is 2. The minimum Gasteiger partial charge on any atom is -0.462 e. The van der Waals surface area contributed by atoms with Crippen LogP contribution in [-0.2, 0) is 25.7 Å². The third-order valence-corrected chi connectivity index (χ3v) is 7.58. The smallest absolute Gasteiger partial charge is 0.338 e. The zero-order valence-corrected chi connectivity index (χ0v) is 23.7. The summed E-state index contributed by atoms with van der Waals surface area (Å²) in [6, 6.07) is 13.4. The van der Waals surface area contributed by atoms with Crippen LogP contribution < -0.4 is 10.6 Å². The number of nitrogens with zero attached hydrogens (tertiary/aromatic N) is 2. The lowest BCUT2D eigenvalue weighted by Gasteiger charge is -2.46. The van der Waals surface area contributed by atoms with Crippen molar-refractivity contribution in [2.45, 2.75) is 65.0 Å². The highest BCUT2D eigenvalue weighted by Gasteiger charge is 2.47. The first-order valence-electron chi connectivity index (χ1n) is 14.3. The van der Waals surface area contributed by atoms with Crippen LogP contribution in [0.25, 0.3) is 0 Å². The standard InChI is InChI=1S/C31H38N4O6/c1-3-41-30(39)23-14-16-24(17-15-23)33-28(37)20-35-26-8-5-4-7-25(26)29(38)34(31(35)40)18-6-9-27(36)32-19-22-12-10-21(2)11-13-22/h10-17,25-26H,3-9,18-20H2,1-2H3,(H,32,36)(H,33,37). The van der Waals surface area contributed by atoms with Gasteiger partial charge in [-0.2, -0.15) is 0 Å². The topological polar surface area (TPSA) is 125 Å². The van der Waals surface area contributed by atoms with Gasteiger partial charge in [-0.05, 0) is 62.9 Å². The number of hydrogen-bond donors (Lipinski definition) is 2. The maximum atomic E-state index is 13.5. The van der Waals surface area contributed by atoms with Crippen molar-refractivity contribution in [3.8, 4) is 0 Å². The molecule has 2 aromatic carbocycles. The highest BCUT2D eigenvalue weighted by Crippen LogP contribution is 2.34. The van der Waals surface area contributed by atoms with Gasteiger partial charge < -0.3 is 20.3 Å². The molecule has 2 atom stereocenters. The summed E-state index contributed by atoms with van der Waals surface area (Å²) < 4.78 is 4.98. The third kappa shape index (κ3) is 7.71. The molecule has 10 heteroatoms. The van der Waals surface area contributed by atoms with Crippen molar-refractivity contribution in [2.75, 3.05) is 25.0 Å². The molecule has 1 aliphatic carbocycles. The Bertz CT molecular complexity index is 1260. The number of rotatable bonds is 11. The van der Waals surface area contributed by atoms with Gasteiger partial charge in [-0.3, -0.25) is 19.3 Å². The van der Waals surface area contributed by atoms with Crippen molar-refractivity contribution in [3.63, 3.8) is 0 Å². The lowest BCUT2D eigenvalue weighted by Crippen LogP contribution is -2.63. The van der Waals surface area contributed by atoms with Crippen molar-refractivity contribution in [2.24, 2.45) is 5.92 Å². The predicted molar refractivity (Wildman–Crippen MR) is 153 cm³/mol. The lowest BCUT2D eigenvalue weighted by molar-refractivity contribution is -0.142. The predicted octanol–water partition coefficient (Wildman–Crippen LogP) is 4.03. The summed E-state index contributed by atoms with van der Waals surface area (Å²) in [6.07, 6.45) is 3.62. The van der Waals surface area contributed by atoms with Gasteiger partial charge in [-0.1, -0.05) is 42.7 Å². The Morgan fingerprint density at radius 3 is 2.37 bits per heavy atom. The minimum absolute atomic E-state index is 0.117. The van der Waals surface area contributed by atoms with E-state index in [0.717, 1.165) is 24.0 Å². The second kappa shape index (κ2) is 13.9. The van der Waals surface area contributed by atoms with Crippen LogP contribution in [0.4, 0.5) is 10.5 Å². The Kier molecular flexibility index (Phi) is 10.1. The highest BCUT2D eigenvalue weighted by molar-refractivity contribution is 6.01. The summed E-state index contributed by atoms with van der Waals surface area (Å²) in [5, 5.41) is 5.66. The highest BCUT2D eigenvalue weighted by atomic mass is 16.5. The molecule has 2 fully saturated rings. The molecule has 10 nitrogen and oxygen atoms in total. The van der Waals surface area contributed by atoms with Crippen LogP contribution in [-0.4, -0.2) is 65.3 Å². The van der Waals surface area contributed by atoms with Crippen LogP contribution in [0.15, 0.2) is 48.5 Å².